The molecule has 150 valence electrons. The number of benzene rings is 1. The molecule has 2 fully saturated rings. The van der Waals surface area contributed by atoms with Gasteiger partial charge < -0.3 is 10.2 Å². The summed E-state index contributed by atoms with van der Waals surface area (Å²) in [5, 5.41) is 3.08. The fraction of sp³-hybridized carbons (Fsp3) is 0.696. The zero-order valence-electron chi connectivity index (χ0n) is 17.3. The highest BCUT2D eigenvalue weighted by Crippen LogP contribution is 2.18. The smallest absolute Gasteiger partial charge is 0.251 e. The Labute approximate surface area is 165 Å². The van der Waals surface area contributed by atoms with E-state index in [1.54, 1.807) is 0 Å². The molecule has 2 aliphatic rings. The predicted octanol–water partition coefficient (Wildman–Crippen LogP) is 3.77. The van der Waals surface area contributed by atoms with Crippen LogP contribution in [0.2, 0.25) is 0 Å². The summed E-state index contributed by atoms with van der Waals surface area (Å²) in [6.07, 6.45) is 6.27. The molecular formula is C23H37N3O. The van der Waals surface area contributed by atoms with Crippen molar-refractivity contribution in [2.24, 2.45) is 11.8 Å². The van der Waals surface area contributed by atoms with Gasteiger partial charge in [-0.2, -0.15) is 0 Å². The SMILES string of the molecule is CC1CCN(CCCNC(=O)c2ccc(CN3CCC(C)CC3)cc2)CC1. The van der Waals surface area contributed by atoms with Crippen LogP contribution in [-0.2, 0) is 6.54 Å². The highest BCUT2D eigenvalue weighted by molar-refractivity contribution is 5.94. The number of nitrogens with one attached hydrogen (secondary N) is 1. The highest BCUT2D eigenvalue weighted by atomic mass is 16.1. The summed E-state index contributed by atoms with van der Waals surface area (Å²) in [6.45, 7) is 12.4. The third-order valence-corrected chi connectivity index (χ3v) is 6.31. The van der Waals surface area contributed by atoms with Crippen molar-refractivity contribution in [1.29, 1.82) is 0 Å². The van der Waals surface area contributed by atoms with Crippen LogP contribution < -0.4 is 5.32 Å². The van der Waals surface area contributed by atoms with E-state index in [9.17, 15) is 4.79 Å². The summed E-state index contributed by atoms with van der Waals surface area (Å²) in [4.78, 5) is 17.4. The van der Waals surface area contributed by atoms with Crippen LogP contribution in [0, 0.1) is 11.8 Å². The van der Waals surface area contributed by atoms with E-state index in [1.165, 1.54) is 57.4 Å². The molecule has 0 saturated carbocycles. The first-order valence-corrected chi connectivity index (χ1v) is 10.9. The van der Waals surface area contributed by atoms with Gasteiger partial charge in [0.2, 0.25) is 0 Å². The molecule has 1 N–H and O–H groups in total. The van der Waals surface area contributed by atoms with Crippen LogP contribution >= 0.6 is 0 Å². The highest BCUT2D eigenvalue weighted by Gasteiger charge is 2.16. The zero-order chi connectivity index (χ0) is 19.1. The Kier molecular flexibility index (Phi) is 7.71. The second-order valence-electron chi connectivity index (χ2n) is 8.79. The molecule has 2 saturated heterocycles. The number of nitrogens with zero attached hydrogens (tertiary/aromatic N) is 2. The molecule has 1 aromatic carbocycles. The number of hydrogen-bond donors (Lipinski definition) is 1. The van der Waals surface area contributed by atoms with Crippen LogP contribution in [0.25, 0.3) is 0 Å². The van der Waals surface area contributed by atoms with Gasteiger partial charge in [-0.05, 0) is 94.4 Å². The first-order chi connectivity index (χ1) is 13.1. The van der Waals surface area contributed by atoms with Gasteiger partial charge in [0.1, 0.15) is 0 Å². The molecule has 2 heterocycles. The standard InChI is InChI=1S/C23H37N3O/c1-19-8-14-25(15-9-19)13-3-12-24-23(27)22-6-4-21(5-7-22)18-26-16-10-20(2)11-17-26/h4-7,19-20H,3,8-18H2,1-2H3,(H,24,27). The molecular weight excluding hydrogens is 334 g/mol. The fourth-order valence-corrected chi connectivity index (χ4v) is 4.13. The lowest BCUT2D eigenvalue weighted by molar-refractivity contribution is 0.0950. The summed E-state index contributed by atoms with van der Waals surface area (Å²) in [5.41, 5.74) is 2.08. The van der Waals surface area contributed by atoms with Crippen LogP contribution in [0.5, 0.6) is 0 Å². The molecule has 0 radical (unpaired) electrons. The van der Waals surface area contributed by atoms with Crippen LogP contribution in [0.1, 0.15) is 61.9 Å². The Balaban J connectivity index is 1.35. The Morgan fingerprint density at radius 1 is 0.926 bits per heavy atom. The Hall–Kier alpha value is -1.39. The van der Waals surface area contributed by atoms with Gasteiger partial charge in [0, 0.05) is 18.7 Å². The van der Waals surface area contributed by atoms with Crippen molar-refractivity contribution < 1.29 is 4.79 Å². The Morgan fingerprint density at radius 3 is 2.07 bits per heavy atom. The van der Waals surface area contributed by atoms with Crippen LogP contribution in [0.3, 0.4) is 0 Å². The largest absolute Gasteiger partial charge is 0.352 e. The molecule has 0 bridgehead atoms. The van der Waals surface area contributed by atoms with E-state index >= 15 is 0 Å². The average molecular weight is 372 g/mol. The number of hydrogen-bond acceptors (Lipinski definition) is 3. The van der Waals surface area contributed by atoms with Crippen molar-refractivity contribution >= 4 is 5.91 Å². The molecule has 0 aliphatic carbocycles. The van der Waals surface area contributed by atoms with Gasteiger partial charge in [0.05, 0.1) is 0 Å². The molecule has 3 rings (SSSR count). The molecule has 27 heavy (non-hydrogen) atoms. The van der Waals surface area contributed by atoms with Crippen molar-refractivity contribution in [3.05, 3.63) is 35.4 Å². The quantitative estimate of drug-likeness (QED) is 0.741. The lowest BCUT2D eigenvalue weighted by atomic mass is 9.99. The number of carbonyl (C=O) groups excluding carboxylic acids is 1. The Bertz CT molecular complexity index is 570. The van der Waals surface area contributed by atoms with E-state index in [1.807, 2.05) is 12.1 Å². The summed E-state index contributed by atoms with van der Waals surface area (Å²) >= 11 is 0. The molecule has 1 amide bonds. The van der Waals surface area contributed by atoms with Crippen LogP contribution in [0.4, 0.5) is 0 Å². The molecule has 0 atom stereocenters. The first-order valence-electron chi connectivity index (χ1n) is 10.9. The van der Waals surface area contributed by atoms with Gasteiger partial charge in [-0.15, -0.1) is 0 Å². The first kappa shape index (κ1) is 20.3. The van der Waals surface area contributed by atoms with Crippen molar-refractivity contribution in [3.8, 4) is 0 Å². The van der Waals surface area contributed by atoms with Crippen molar-refractivity contribution in [1.82, 2.24) is 15.1 Å². The summed E-state index contributed by atoms with van der Waals surface area (Å²) < 4.78 is 0. The maximum Gasteiger partial charge on any atom is 0.251 e. The molecule has 0 unspecified atom stereocenters. The van der Waals surface area contributed by atoms with Gasteiger partial charge >= 0.3 is 0 Å². The van der Waals surface area contributed by atoms with E-state index in [0.717, 1.165) is 43.5 Å². The maximum absolute atomic E-state index is 12.3. The third-order valence-electron chi connectivity index (χ3n) is 6.31. The van der Waals surface area contributed by atoms with E-state index < -0.39 is 0 Å². The van der Waals surface area contributed by atoms with Gasteiger partial charge in [-0.25, -0.2) is 0 Å². The van der Waals surface area contributed by atoms with Gasteiger partial charge in [0.25, 0.3) is 5.91 Å². The molecule has 4 nitrogen and oxygen atoms in total. The summed E-state index contributed by atoms with van der Waals surface area (Å²) in [6, 6.07) is 8.18. The fourth-order valence-electron chi connectivity index (χ4n) is 4.13. The maximum atomic E-state index is 12.3. The molecule has 0 spiro atoms. The third kappa shape index (κ3) is 6.62. The van der Waals surface area contributed by atoms with E-state index in [-0.39, 0.29) is 5.91 Å². The summed E-state index contributed by atoms with van der Waals surface area (Å²) in [5.74, 6) is 1.80. The minimum absolute atomic E-state index is 0.0561. The average Bonchev–Trinajstić information content (AvgIpc) is 2.69. The van der Waals surface area contributed by atoms with Gasteiger partial charge in [-0.1, -0.05) is 26.0 Å². The second kappa shape index (κ2) is 10.2. The minimum atomic E-state index is 0.0561. The lowest BCUT2D eigenvalue weighted by Crippen LogP contribution is -2.35. The molecule has 2 aliphatic heterocycles. The van der Waals surface area contributed by atoms with Crippen LogP contribution in [-0.4, -0.2) is 55.0 Å². The number of piperidine rings is 2. The van der Waals surface area contributed by atoms with Crippen molar-refractivity contribution in [2.75, 3.05) is 39.3 Å². The molecule has 4 heteroatoms. The number of amides is 1. The normalized spacial score (nSPS) is 20.7. The molecule has 1 aromatic rings. The second-order valence-corrected chi connectivity index (χ2v) is 8.79. The van der Waals surface area contributed by atoms with Crippen LogP contribution in [0.15, 0.2) is 24.3 Å². The predicted molar refractivity (Wildman–Crippen MR) is 112 cm³/mol. The van der Waals surface area contributed by atoms with E-state index in [2.05, 4.69) is 41.1 Å². The van der Waals surface area contributed by atoms with Crippen molar-refractivity contribution in [3.63, 3.8) is 0 Å². The number of rotatable bonds is 7. The van der Waals surface area contributed by atoms with Gasteiger partial charge in [0.15, 0.2) is 0 Å². The minimum Gasteiger partial charge on any atom is -0.352 e. The Morgan fingerprint density at radius 2 is 1.48 bits per heavy atom. The number of carbonyl (C=O) groups is 1. The summed E-state index contributed by atoms with van der Waals surface area (Å²) in [7, 11) is 0. The number of likely N-dealkylation sites (tertiary alicyclic amines) is 2. The van der Waals surface area contributed by atoms with E-state index in [0.29, 0.717) is 0 Å². The topological polar surface area (TPSA) is 35.6 Å². The monoisotopic (exact) mass is 371 g/mol. The lowest BCUT2D eigenvalue weighted by Gasteiger charge is -2.30. The van der Waals surface area contributed by atoms with E-state index in [4.69, 9.17) is 0 Å². The van der Waals surface area contributed by atoms with Gasteiger partial charge in [-0.3, -0.25) is 9.69 Å². The molecule has 0 aromatic heterocycles. The zero-order valence-corrected chi connectivity index (χ0v) is 17.3. The van der Waals surface area contributed by atoms with Crippen molar-refractivity contribution in [2.45, 2.75) is 52.5 Å².